The number of halogens is 4. The average Bonchev–Trinajstić information content (AvgIpc) is 3.34. The molecule has 0 saturated carbocycles. The topological polar surface area (TPSA) is 90.8 Å². The zero-order chi connectivity index (χ0) is 23.1. The first-order valence-electron chi connectivity index (χ1n) is 9.45. The van der Waals surface area contributed by atoms with E-state index in [0.29, 0.717) is 12.3 Å². The number of pyridine rings is 1. The summed E-state index contributed by atoms with van der Waals surface area (Å²) in [6.07, 6.45) is -3.93. The van der Waals surface area contributed by atoms with Crippen molar-refractivity contribution in [1.29, 1.82) is 0 Å². The molecule has 2 aromatic rings. The van der Waals surface area contributed by atoms with Crippen LogP contribution < -0.4 is 21.6 Å². The molecule has 2 aliphatic heterocycles. The van der Waals surface area contributed by atoms with Crippen molar-refractivity contribution in [1.82, 2.24) is 14.2 Å². The van der Waals surface area contributed by atoms with Crippen LogP contribution in [0.2, 0.25) is 0 Å². The normalized spacial score (nSPS) is 18.3. The SMILES string of the molecule is O=C([C@H]([I-]O)c1ccccc1)N1CC2=C(C1)CN(S(=O)(=O)c1ccc(C(F)(F)F)nc1)C2. The summed E-state index contributed by atoms with van der Waals surface area (Å²) >= 11 is -1.38. The Kier molecular flexibility index (Phi) is 6.31. The quantitative estimate of drug-likeness (QED) is 0.278. The van der Waals surface area contributed by atoms with Crippen molar-refractivity contribution in [3.63, 3.8) is 0 Å². The van der Waals surface area contributed by atoms with Crippen LogP contribution >= 0.6 is 0 Å². The Balaban J connectivity index is 1.43. The van der Waals surface area contributed by atoms with Gasteiger partial charge in [0.15, 0.2) is 0 Å². The van der Waals surface area contributed by atoms with Gasteiger partial charge in [0, 0.05) is 0 Å². The molecule has 7 nitrogen and oxygen atoms in total. The van der Waals surface area contributed by atoms with E-state index in [4.69, 9.17) is 0 Å². The van der Waals surface area contributed by atoms with Crippen molar-refractivity contribution in [3.05, 3.63) is 71.1 Å². The van der Waals surface area contributed by atoms with Crippen molar-refractivity contribution < 1.29 is 51.4 Å². The second kappa shape index (κ2) is 8.72. The molecule has 32 heavy (non-hydrogen) atoms. The molecule has 1 N–H and O–H groups in total. The van der Waals surface area contributed by atoms with E-state index in [9.17, 15) is 29.8 Å². The number of carbonyl (C=O) groups is 1. The van der Waals surface area contributed by atoms with Gasteiger partial charge < -0.3 is 0 Å². The second-order valence-corrected chi connectivity index (χ2v) is 11.2. The second-order valence-electron chi connectivity index (χ2n) is 7.42. The summed E-state index contributed by atoms with van der Waals surface area (Å²) in [4.78, 5) is 17.5. The molecule has 172 valence electrons. The third-order valence-electron chi connectivity index (χ3n) is 5.38. The third kappa shape index (κ3) is 4.40. The molecule has 1 aromatic heterocycles. The Morgan fingerprint density at radius 2 is 1.66 bits per heavy atom. The number of hydrogen-bond acceptors (Lipinski definition) is 5. The number of benzene rings is 1. The zero-order valence-corrected chi connectivity index (χ0v) is 19.4. The van der Waals surface area contributed by atoms with Gasteiger partial charge in [0.1, 0.15) is 0 Å². The van der Waals surface area contributed by atoms with Gasteiger partial charge in [-0.15, -0.1) is 0 Å². The molecule has 3 heterocycles. The molecule has 0 spiro atoms. The van der Waals surface area contributed by atoms with Gasteiger partial charge in [-0.1, -0.05) is 0 Å². The molecule has 0 unspecified atom stereocenters. The number of sulfonamides is 1. The summed E-state index contributed by atoms with van der Waals surface area (Å²) in [5.41, 5.74) is 1.18. The Morgan fingerprint density at radius 3 is 2.16 bits per heavy atom. The molecule has 0 bridgehead atoms. The first-order valence-corrected chi connectivity index (χ1v) is 13.1. The van der Waals surface area contributed by atoms with E-state index >= 15 is 0 Å². The number of aromatic nitrogens is 1. The van der Waals surface area contributed by atoms with Gasteiger partial charge in [0.2, 0.25) is 0 Å². The van der Waals surface area contributed by atoms with Crippen LogP contribution in [0.1, 0.15) is 15.2 Å². The van der Waals surface area contributed by atoms with Crippen LogP contribution in [-0.2, 0) is 21.0 Å². The molecule has 1 amide bonds. The minimum atomic E-state index is -4.65. The fourth-order valence-corrected chi connectivity index (χ4v) is 6.49. The van der Waals surface area contributed by atoms with Crippen molar-refractivity contribution in [2.75, 3.05) is 26.2 Å². The minimum absolute atomic E-state index is 0.0622. The molecular weight excluding hydrogens is 562 g/mol. The van der Waals surface area contributed by atoms with Crippen LogP contribution in [0.5, 0.6) is 0 Å². The fourth-order valence-electron chi connectivity index (χ4n) is 3.74. The maximum absolute atomic E-state index is 13.0. The van der Waals surface area contributed by atoms with Gasteiger partial charge in [0.05, 0.1) is 0 Å². The summed E-state index contributed by atoms with van der Waals surface area (Å²) < 4.78 is 74.2. The van der Waals surface area contributed by atoms with Crippen LogP contribution in [0.4, 0.5) is 13.2 Å². The molecule has 12 heteroatoms. The van der Waals surface area contributed by atoms with E-state index in [0.717, 1.165) is 22.8 Å². The van der Waals surface area contributed by atoms with Crippen LogP contribution in [0, 0.1) is 0 Å². The first-order chi connectivity index (χ1) is 15.1. The van der Waals surface area contributed by atoms with E-state index in [1.807, 2.05) is 6.07 Å². The number of amides is 1. The molecule has 2 aliphatic rings. The van der Waals surface area contributed by atoms with Gasteiger partial charge in [-0.05, 0) is 0 Å². The molecule has 0 radical (unpaired) electrons. The molecule has 0 fully saturated rings. The molecular formula is C20H18F3IN3O4S-. The van der Waals surface area contributed by atoms with Crippen LogP contribution in [0.3, 0.4) is 0 Å². The van der Waals surface area contributed by atoms with E-state index in [2.05, 4.69) is 4.98 Å². The van der Waals surface area contributed by atoms with Crippen molar-refractivity contribution in [3.8, 4) is 0 Å². The van der Waals surface area contributed by atoms with Crippen molar-refractivity contribution in [2.24, 2.45) is 0 Å². The average molecular weight is 580 g/mol. The third-order valence-corrected chi connectivity index (χ3v) is 8.97. The van der Waals surface area contributed by atoms with Gasteiger partial charge in [-0.2, -0.15) is 13.2 Å². The fraction of sp³-hybridized carbons (Fsp3) is 0.300. The van der Waals surface area contributed by atoms with Crippen molar-refractivity contribution in [2.45, 2.75) is 15.0 Å². The Morgan fingerprint density at radius 1 is 1.03 bits per heavy atom. The summed E-state index contributed by atoms with van der Waals surface area (Å²) in [5.74, 6) is -0.192. The van der Waals surface area contributed by atoms with Crippen LogP contribution in [-0.4, -0.2) is 58.1 Å². The Bertz CT molecular complexity index is 1140. The molecule has 0 aliphatic carbocycles. The van der Waals surface area contributed by atoms with Gasteiger partial charge >= 0.3 is 181 Å². The molecule has 1 aromatic carbocycles. The Labute approximate surface area is 193 Å². The number of hydrogen-bond donors (Lipinski definition) is 1. The number of nitrogens with zero attached hydrogens (tertiary/aromatic N) is 3. The number of alkyl halides is 4. The summed E-state index contributed by atoms with van der Waals surface area (Å²) in [7, 11) is -4.02. The predicted octanol–water partition coefficient (Wildman–Crippen LogP) is -1.02. The van der Waals surface area contributed by atoms with E-state index in [1.54, 1.807) is 29.2 Å². The summed E-state index contributed by atoms with van der Waals surface area (Å²) in [6.45, 7) is 0.649. The predicted molar refractivity (Wildman–Crippen MR) is 103 cm³/mol. The number of rotatable bonds is 5. The van der Waals surface area contributed by atoms with Gasteiger partial charge in [-0.3, -0.25) is 0 Å². The summed E-state index contributed by atoms with van der Waals surface area (Å²) in [6, 6.07) is 10.6. The standard InChI is InChI=1S/C20H18F3IN3O4S/c21-20(22,23)17-7-6-16(8-25-17)32(30,31)27-11-14-9-26(10-15(14)12-27)19(28)18(24-29)13-4-2-1-3-5-13/h1-8,18,29H,9-12H2/q-1/t18-/m1/s1. The number of carbonyl (C=O) groups excluding carboxylic acids is 1. The Hall–Kier alpha value is -2.03. The van der Waals surface area contributed by atoms with Gasteiger partial charge in [-0.25, -0.2) is 0 Å². The van der Waals surface area contributed by atoms with Crippen molar-refractivity contribution >= 4 is 15.9 Å². The van der Waals surface area contributed by atoms with E-state index < -0.39 is 47.4 Å². The molecule has 1 atom stereocenters. The molecule has 4 rings (SSSR count). The van der Waals surface area contributed by atoms with E-state index in [1.165, 1.54) is 4.31 Å². The van der Waals surface area contributed by atoms with Gasteiger partial charge in [0.25, 0.3) is 0 Å². The zero-order valence-electron chi connectivity index (χ0n) is 16.5. The first kappa shape index (κ1) is 23.1. The summed E-state index contributed by atoms with van der Waals surface area (Å²) in [5, 5.41) is 0. The monoisotopic (exact) mass is 580 g/mol. The van der Waals surface area contributed by atoms with Crippen LogP contribution in [0.15, 0.2) is 64.7 Å². The van der Waals surface area contributed by atoms with E-state index in [-0.39, 0.29) is 37.0 Å². The van der Waals surface area contributed by atoms with Crippen LogP contribution in [0.25, 0.3) is 0 Å². The molecule has 0 saturated heterocycles. The maximum atomic E-state index is 13.0.